The van der Waals surface area contributed by atoms with Crippen molar-refractivity contribution in [3.63, 3.8) is 0 Å². The number of carboxylic acid groups (broad SMARTS) is 1. The summed E-state index contributed by atoms with van der Waals surface area (Å²) in [5.41, 5.74) is 7.34. The zero-order valence-corrected chi connectivity index (χ0v) is 17.8. The Morgan fingerprint density at radius 2 is 1.90 bits per heavy atom. The van der Waals surface area contributed by atoms with E-state index in [1.54, 1.807) is 6.20 Å². The Bertz CT molecular complexity index is 858. The molecule has 1 heterocycles. The lowest BCUT2D eigenvalue weighted by Gasteiger charge is -2.22. The number of H-pyrrole nitrogens is 1. The first-order valence-corrected chi connectivity index (χ1v) is 11.1. The van der Waals surface area contributed by atoms with E-state index in [0.29, 0.717) is 12.2 Å². The van der Waals surface area contributed by atoms with Gasteiger partial charge >= 0.3 is 5.97 Å². The molecule has 0 saturated heterocycles. The zero-order valence-electron chi connectivity index (χ0n) is 16.1. The Morgan fingerprint density at radius 3 is 2.55 bits per heavy atom. The van der Waals surface area contributed by atoms with Gasteiger partial charge in [-0.1, -0.05) is 18.2 Å². The van der Waals surface area contributed by atoms with Crippen LogP contribution in [0.2, 0.25) is 0 Å². The summed E-state index contributed by atoms with van der Waals surface area (Å²) in [6, 6.07) is 4.69. The van der Waals surface area contributed by atoms with Crippen molar-refractivity contribution < 1.29 is 19.5 Å². The fourth-order valence-corrected chi connectivity index (χ4v) is 3.50. The first kappa shape index (κ1) is 23.1. The molecule has 0 radical (unpaired) electrons. The number of hydrogen-bond acceptors (Lipinski definition) is 6. The Balaban J connectivity index is 2.12. The van der Waals surface area contributed by atoms with Gasteiger partial charge in [-0.25, -0.2) is 4.79 Å². The molecule has 29 heavy (non-hydrogen) atoms. The van der Waals surface area contributed by atoms with Crippen LogP contribution in [0.15, 0.2) is 30.5 Å². The summed E-state index contributed by atoms with van der Waals surface area (Å²) in [5.74, 6) is -1.43. The second-order valence-corrected chi connectivity index (χ2v) is 7.95. The molecule has 2 amide bonds. The number of aliphatic carboxylic acids is 1. The summed E-state index contributed by atoms with van der Waals surface area (Å²) in [4.78, 5) is 39.7. The van der Waals surface area contributed by atoms with Crippen LogP contribution >= 0.6 is 24.4 Å². The number of thiol groups is 1. The third kappa shape index (κ3) is 6.41. The molecular formula is C19H26N4O4S2. The lowest BCUT2D eigenvalue weighted by atomic mass is 10.0. The van der Waals surface area contributed by atoms with Crippen LogP contribution in [0.25, 0.3) is 10.9 Å². The van der Waals surface area contributed by atoms with E-state index in [2.05, 4.69) is 28.2 Å². The van der Waals surface area contributed by atoms with Crippen molar-refractivity contribution in [3.8, 4) is 0 Å². The normalized spacial score (nSPS) is 14.2. The average Bonchev–Trinajstić information content (AvgIpc) is 3.12. The highest BCUT2D eigenvalue weighted by molar-refractivity contribution is 7.98. The second kappa shape index (κ2) is 11.1. The third-order valence-electron chi connectivity index (χ3n) is 4.49. The number of rotatable bonds is 11. The molecule has 3 atom stereocenters. The van der Waals surface area contributed by atoms with Crippen LogP contribution in [0.3, 0.4) is 0 Å². The SMILES string of the molecule is CSCCC(NC(=O)C(N)CS)C(=O)NC(Cc1c[nH]c2ccccc12)C(=O)O. The zero-order chi connectivity index (χ0) is 21.4. The van der Waals surface area contributed by atoms with Gasteiger partial charge in [0, 0.05) is 29.3 Å². The molecule has 0 bridgehead atoms. The summed E-state index contributed by atoms with van der Waals surface area (Å²) in [6.45, 7) is 0. The van der Waals surface area contributed by atoms with Gasteiger partial charge in [0.25, 0.3) is 0 Å². The molecule has 10 heteroatoms. The molecule has 3 unspecified atom stereocenters. The number of benzene rings is 1. The molecule has 158 valence electrons. The van der Waals surface area contributed by atoms with Gasteiger partial charge in [0.15, 0.2) is 0 Å². The second-order valence-electron chi connectivity index (χ2n) is 6.59. The van der Waals surface area contributed by atoms with E-state index in [1.807, 2.05) is 30.5 Å². The van der Waals surface area contributed by atoms with E-state index in [9.17, 15) is 19.5 Å². The Kier molecular flexibility index (Phi) is 8.87. The maximum absolute atomic E-state index is 12.7. The number of carbonyl (C=O) groups is 3. The van der Waals surface area contributed by atoms with Crippen molar-refractivity contribution in [2.45, 2.75) is 31.0 Å². The highest BCUT2D eigenvalue weighted by atomic mass is 32.2. The van der Waals surface area contributed by atoms with E-state index in [0.717, 1.165) is 16.5 Å². The number of nitrogens with one attached hydrogen (secondary N) is 3. The van der Waals surface area contributed by atoms with E-state index < -0.39 is 35.9 Å². The van der Waals surface area contributed by atoms with Crippen LogP contribution < -0.4 is 16.4 Å². The lowest BCUT2D eigenvalue weighted by Crippen LogP contribution is -2.55. The van der Waals surface area contributed by atoms with Gasteiger partial charge in [0.1, 0.15) is 12.1 Å². The molecule has 0 saturated carbocycles. The summed E-state index contributed by atoms with van der Waals surface area (Å²) < 4.78 is 0. The minimum atomic E-state index is -1.15. The van der Waals surface area contributed by atoms with E-state index in [1.165, 1.54) is 11.8 Å². The minimum Gasteiger partial charge on any atom is -0.480 e. The van der Waals surface area contributed by atoms with Gasteiger partial charge in [-0.3, -0.25) is 9.59 Å². The maximum atomic E-state index is 12.7. The van der Waals surface area contributed by atoms with Crippen LogP contribution in [-0.2, 0) is 20.8 Å². The molecule has 2 rings (SSSR count). The molecule has 8 nitrogen and oxygen atoms in total. The monoisotopic (exact) mass is 438 g/mol. The number of fused-ring (bicyclic) bond motifs is 1. The highest BCUT2D eigenvalue weighted by Gasteiger charge is 2.28. The fraction of sp³-hybridized carbons (Fsp3) is 0.421. The van der Waals surface area contributed by atoms with Crippen molar-refractivity contribution in [1.82, 2.24) is 15.6 Å². The van der Waals surface area contributed by atoms with Gasteiger partial charge < -0.3 is 26.5 Å². The van der Waals surface area contributed by atoms with Crippen LogP contribution in [0.5, 0.6) is 0 Å². The fourth-order valence-electron chi connectivity index (χ4n) is 2.86. The van der Waals surface area contributed by atoms with E-state index in [4.69, 9.17) is 5.73 Å². The Morgan fingerprint density at radius 1 is 1.21 bits per heavy atom. The van der Waals surface area contributed by atoms with Gasteiger partial charge in [0.2, 0.25) is 11.8 Å². The van der Waals surface area contributed by atoms with Crippen molar-refractivity contribution in [2.75, 3.05) is 17.8 Å². The van der Waals surface area contributed by atoms with E-state index in [-0.39, 0.29) is 12.2 Å². The molecule has 0 spiro atoms. The maximum Gasteiger partial charge on any atom is 0.326 e. The van der Waals surface area contributed by atoms with Crippen molar-refractivity contribution in [1.29, 1.82) is 0 Å². The largest absolute Gasteiger partial charge is 0.480 e. The molecule has 0 aliphatic rings. The van der Waals surface area contributed by atoms with Crippen molar-refractivity contribution in [2.24, 2.45) is 5.73 Å². The number of amides is 2. The first-order chi connectivity index (χ1) is 13.9. The molecule has 6 N–H and O–H groups in total. The number of nitrogens with two attached hydrogens (primary N) is 1. The topological polar surface area (TPSA) is 137 Å². The summed E-state index contributed by atoms with van der Waals surface area (Å²) in [7, 11) is 0. The number of para-hydroxylation sites is 1. The van der Waals surface area contributed by atoms with Gasteiger partial charge in [0.05, 0.1) is 6.04 Å². The number of carbonyl (C=O) groups excluding carboxylic acids is 2. The van der Waals surface area contributed by atoms with Crippen LogP contribution in [0.1, 0.15) is 12.0 Å². The third-order valence-corrected chi connectivity index (χ3v) is 5.53. The minimum absolute atomic E-state index is 0.116. The standard InChI is InChI=1S/C19H26N4O4S2/c1-29-7-6-15(22-17(24)13(20)10-28)18(25)23-16(19(26)27)8-11-9-21-14-5-3-2-4-12(11)14/h2-5,9,13,15-16,21,28H,6-8,10,20H2,1H3,(H,22,24)(H,23,25)(H,26,27). The quantitative estimate of drug-likeness (QED) is 0.287. The molecule has 0 fully saturated rings. The summed E-state index contributed by atoms with van der Waals surface area (Å²) >= 11 is 5.51. The molecule has 0 aliphatic heterocycles. The molecule has 2 aromatic rings. The molecular weight excluding hydrogens is 412 g/mol. The predicted octanol–water partition coefficient (Wildman–Crippen LogP) is 0.775. The van der Waals surface area contributed by atoms with Crippen LogP contribution in [0.4, 0.5) is 0 Å². The van der Waals surface area contributed by atoms with E-state index >= 15 is 0 Å². The van der Waals surface area contributed by atoms with Crippen LogP contribution in [0, 0.1) is 0 Å². The molecule has 1 aromatic heterocycles. The molecule has 1 aromatic carbocycles. The number of thioether (sulfide) groups is 1. The average molecular weight is 439 g/mol. The Labute approximate surface area is 178 Å². The molecule has 0 aliphatic carbocycles. The van der Waals surface area contributed by atoms with Crippen LogP contribution in [-0.4, -0.2) is 63.8 Å². The smallest absolute Gasteiger partial charge is 0.326 e. The number of carboxylic acids is 1. The van der Waals surface area contributed by atoms with Crippen molar-refractivity contribution in [3.05, 3.63) is 36.0 Å². The summed E-state index contributed by atoms with van der Waals surface area (Å²) in [6.07, 6.45) is 4.10. The van der Waals surface area contributed by atoms with Crippen molar-refractivity contribution >= 4 is 53.1 Å². The van der Waals surface area contributed by atoms with Gasteiger partial charge in [-0.15, -0.1) is 0 Å². The first-order valence-electron chi connectivity index (χ1n) is 9.11. The predicted molar refractivity (Wildman–Crippen MR) is 118 cm³/mol. The number of aromatic amines is 1. The number of aromatic nitrogens is 1. The highest BCUT2D eigenvalue weighted by Crippen LogP contribution is 2.19. The summed E-state index contributed by atoms with van der Waals surface area (Å²) in [5, 5.41) is 15.7. The van der Waals surface area contributed by atoms with Gasteiger partial charge in [-0.2, -0.15) is 24.4 Å². The number of hydrogen-bond donors (Lipinski definition) is 6. The lowest BCUT2D eigenvalue weighted by molar-refractivity contribution is -0.142. The van der Waals surface area contributed by atoms with Gasteiger partial charge in [-0.05, 0) is 30.1 Å². The Hall–Kier alpha value is -2.17.